The van der Waals surface area contributed by atoms with Gasteiger partial charge in [-0.15, -0.1) is 0 Å². The summed E-state index contributed by atoms with van der Waals surface area (Å²) in [6, 6.07) is 5.09. The van der Waals surface area contributed by atoms with Gasteiger partial charge in [0.15, 0.2) is 0 Å². The van der Waals surface area contributed by atoms with E-state index in [4.69, 9.17) is 28.9 Å². The van der Waals surface area contributed by atoms with Crippen molar-refractivity contribution in [1.82, 2.24) is 0 Å². The third-order valence-corrected chi connectivity index (χ3v) is 4.60. The summed E-state index contributed by atoms with van der Waals surface area (Å²) in [6.45, 7) is 0.389. The summed E-state index contributed by atoms with van der Waals surface area (Å²) in [7, 11) is 0. The number of rotatable bonds is 3. The number of carbonyl (C=O) groups excluding carboxylic acids is 1. The van der Waals surface area contributed by atoms with Gasteiger partial charge >= 0.3 is 0 Å². The average molecular weight is 301 g/mol. The summed E-state index contributed by atoms with van der Waals surface area (Å²) >= 11 is 11.8. The van der Waals surface area contributed by atoms with Crippen LogP contribution in [-0.2, 0) is 4.79 Å². The van der Waals surface area contributed by atoms with Crippen LogP contribution >= 0.6 is 23.2 Å². The highest BCUT2D eigenvalue weighted by Crippen LogP contribution is 2.36. The van der Waals surface area contributed by atoms with Crippen LogP contribution in [0.1, 0.15) is 32.1 Å². The van der Waals surface area contributed by atoms with Gasteiger partial charge in [-0.05, 0) is 31.0 Å². The van der Waals surface area contributed by atoms with E-state index in [-0.39, 0.29) is 5.91 Å². The smallest absolute Gasteiger partial charge is 0.231 e. The molecule has 0 radical (unpaired) electrons. The summed E-state index contributed by atoms with van der Waals surface area (Å²) in [5.41, 5.74) is 6.08. The average Bonchev–Trinajstić information content (AvgIpc) is 2.43. The molecule has 0 saturated heterocycles. The first-order valence-corrected chi connectivity index (χ1v) is 7.29. The predicted molar refractivity (Wildman–Crippen MR) is 79.7 cm³/mol. The predicted octanol–water partition coefficient (Wildman–Crippen LogP) is 3.84. The van der Waals surface area contributed by atoms with Gasteiger partial charge in [0.1, 0.15) is 0 Å². The maximum absolute atomic E-state index is 12.4. The maximum atomic E-state index is 12.4. The van der Waals surface area contributed by atoms with Gasteiger partial charge in [-0.1, -0.05) is 42.5 Å². The maximum Gasteiger partial charge on any atom is 0.231 e. The third kappa shape index (κ3) is 3.22. The Labute approximate surface area is 123 Å². The van der Waals surface area contributed by atoms with Crippen molar-refractivity contribution < 1.29 is 4.79 Å². The number of halogens is 2. The standard InChI is InChI=1S/C14H18Cl2N2O/c15-11-5-4-10(8-12(11)16)18-13(19)14(9-17)6-2-1-3-7-14/h4-5,8H,1-3,6-7,9,17H2,(H,18,19). The van der Waals surface area contributed by atoms with Crippen molar-refractivity contribution in [3.05, 3.63) is 28.2 Å². The lowest BCUT2D eigenvalue weighted by atomic mass is 9.73. The molecule has 0 aliphatic heterocycles. The van der Waals surface area contributed by atoms with E-state index in [1.165, 1.54) is 6.42 Å². The molecule has 1 aromatic carbocycles. The number of nitrogens with two attached hydrogens (primary N) is 1. The number of hydrogen-bond donors (Lipinski definition) is 2. The summed E-state index contributed by atoms with van der Waals surface area (Å²) in [6.07, 6.45) is 5.02. The number of benzene rings is 1. The fourth-order valence-electron chi connectivity index (χ4n) is 2.59. The van der Waals surface area contributed by atoms with Crippen LogP contribution < -0.4 is 11.1 Å². The van der Waals surface area contributed by atoms with Crippen LogP contribution in [0.25, 0.3) is 0 Å². The molecule has 3 N–H and O–H groups in total. The first-order valence-electron chi connectivity index (χ1n) is 6.54. The Morgan fingerprint density at radius 2 is 1.89 bits per heavy atom. The minimum atomic E-state index is -0.426. The van der Waals surface area contributed by atoms with Gasteiger partial charge in [-0.3, -0.25) is 4.79 Å². The second kappa shape index (κ2) is 6.12. The molecule has 2 rings (SSSR count). The minimum absolute atomic E-state index is 0.00640. The number of amides is 1. The Morgan fingerprint density at radius 3 is 2.47 bits per heavy atom. The van der Waals surface area contributed by atoms with E-state index in [1.807, 2.05) is 0 Å². The van der Waals surface area contributed by atoms with Crippen LogP contribution in [0.4, 0.5) is 5.69 Å². The van der Waals surface area contributed by atoms with Crippen LogP contribution in [0.3, 0.4) is 0 Å². The van der Waals surface area contributed by atoms with E-state index in [0.29, 0.717) is 22.3 Å². The highest BCUT2D eigenvalue weighted by Gasteiger charge is 2.38. The van der Waals surface area contributed by atoms with Gasteiger partial charge in [0, 0.05) is 12.2 Å². The fraction of sp³-hybridized carbons (Fsp3) is 0.500. The Hall–Kier alpha value is -0.770. The Morgan fingerprint density at radius 1 is 1.21 bits per heavy atom. The van der Waals surface area contributed by atoms with Crippen LogP contribution in [0.5, 0.6) is 0 Å². The minimum Gasteiger partial charge on any atom is -0.329 e. The molecule has 0 heterocycles. The van der Waals surface area contributed by atoms with Crippen molar-refractivity contribution in [3.8, 4) is 0 Å². The monoisotopic (exact) mass is 300 g/mol. The molecule has 0 spiro atoms. The summed E-state index contributed by atoms with van der Waals surface area (Å²) in [5, 5.41) is 3.82. The Kier molecular flexibility index (Phi) is 4.71. The first-order chi connectivity index (χ1) is 9.07. The molecule has 3 nitrogen and oxygen atoms in total. The van der Waals surface area contributed by atoms with E-state index >= 15 is 0 Å². The van der Waals surface area contributed by atoms with Crippen molar-refractivity contribution in [2.75, 3.05) is 11.9 Å². The van der Waals surface area contributed by atoms with Gasteiger partial charge in [-0.25, -0.2) is 0 Å². The second-order valence-electron chi connectivity index (χ2n) is 5.13. The summed E-state index contributed by atoms with van der Waals surface area (Å²) in [4.78, 5) is 12.4. The highest BCUT2D eigenvalue weighted by atomic mass is 35.5. The fourth-order valence-corrected chi connectivity index (χ4v) is 2.89. The molecular formula is C14H18Cl2N2O. The zero-order valence-corrected chi connectivity index (χ0v) is 12.2. The quantitative estimate of drug-likeness (QED) is 0.891. The molecule has 5 heteroatoms. The molecule has 1 fully saturated rings. The molecule has 19 heavy (non-hydrogen) atoms. The molecular weight excluding hydrogens is 283 g/mol. The van der Waals surface area contributed by atoms with E-state index < -0.39 is 5.41 Å². The molecule has 1 aliphatic carbocycles. The number of carbonyl (C=O) groups is 1. The molecule has 104 valence electrons. The zero-order chi connectivity index (χ0) is 13.9. The van der Waals surface area contributed by atoms with Crippen molar-refractivity contribution in [1.29, 1.82) is 0 Å². The van der Waals surface area contributed by atoms with Gasteiger partial charge in [0.25, 0.3) is 0 Å². The Bertz CT molecular complexity index is 471. The van der Waals surface area contributed by atoms with Crippen molar-refractivity contribution in [2.24, 2.45) is 11.1 Å². The van der Waals surface area contributed by atoms with Crippen molar-refractivity contribution in [3.63, 3.8) is 0 Å². The van der Waals surface area contributed by atoms with Crippen LogP contribution in [0.2, 0.25) is 10.0 Å². The zero-order valence-electron chi connectivity index (χ0n) is 10.7. The Balaban J connectivity index is 2.12. The lowest BCUT2D eigenvalue weighted by molar-refractivity contribution is -0.126. The number of anilines is 1. The second-order valence-corrected chi connectivity index (χ2v) is 5.94. The normalized spacial score (nSPS) is 18.1. The van der Waals surface area contributed by atoms with E-state index in [2.05, 4.69) is 5.32 Å². The van der Waals surface area contributed by atoms with Crippen molar-refractivity contribution >= 4 is 34.8 Å². The molecule has 1 amide bonds. The van der Waals surface area contributed by atoms with Crippen LogP contribution in [0, 0.1) is 5.41 Å². The van der Waals surface area contributed by atoms with E-state index in [1.54, 1.807) is 18.2 Å². The largest absolute Gasteiger partial charge is 0.329 e. The summed E-state index contributed by atoms with van der Waals surface area (Å²) in [5.74, 6) is -0.00640. The summed E-state index contributed by atoms with van der Waals surface area (Å²) < 4.78 is 0. The highest BCUT2D eigenvalue weighted by molar-refractivity contribution is 6.42. The van der Waals surface area contributed by atoms with Crippen LogP contribution in [0.15, 0.2) is 18.2 Å². The molecule has 0 unspecified atom stereocenters. The van der Waals surface area contributed by atoms with Gasteiger partial charge in [0.05, 0.1) is 15.5 Å². The lowest BCUT2D eigenvalue weighted by Gasteiger charge is -2.34. The molecule has 0 atom stereocenters. The van der Waals surface area contributed by atoms with Crippen LogP contribution in [-0.4, -0.2) is 12.5 Å². The molecule has 1 aromatic rings. The molecule has 1 aliphatic rings. The van der Waals surface area contributed by atoms with Gasteiger partial charge < -0.3 is 11.1 Å². The number of nitrogens with one attached hydrogen (secondary N) is 1. The lowest BCUT2D eigenvalue weighted by Crippen LogP contribution is -2.43. The van der Waals surface area contributed by atoms with Crippen molar-refractivity contribution in [2.45, 2.75) is 32.1 Å². The molecule has 0 bridgehead atoms. The SMILES string of the molecule is NCC1(C(=O)Nc2ccc(Cl)c(Cl)c2)CCCCC1. The molecule has 1 saturated carbocycles. The van der Waals surface area contributed by atoms with Gasteiger partial charge in [-0.2, -0.15) is 0 Å². The topological polar surface area (TPSA) is 55.1 Å². The van der Waals surface area contributed by atoms with Gasteiger partial charge in [0.2, 0.25) is 5.91 Å². The first kappa shape index (κ1) is 14.6. The van der Waals surface area contributed by atoms with E-state index in [9.17, 15) is 4.79 Å². The van der Waals surface area contributed by atoms with E-state index in [0.717, 1.165) is 25.7 Å². The number of hydrogen-bond acceptors (Lipinski definition) is 2. The molecule has 0 aromatic heterocycles. The third-order valence-electron chi connectivity index (χ3n) is 3.86.